The Morgan fingerprint density at radius 1 is 1.28 bits per heavy atom. The lowest BCUT2D eigenvalue weighted by molar-refractivity contribution is -0.115. The minimum Gasteiger partial charge on any atom is -0.496 e. The van der Waals surface area contributed by atoms with E-state index in [2.05, 4.69) is 20.8 Å². The van der Waals surface area contributed by atoms with Gasteiger partial charge in [0.2, 0.25) is 5.91 Å². The molecule has 3 N–H and O–H groups in total. The van der Waals surface area contributed by atoms with Crippen molar-refractivity contribution >= 4 is 29.0 Å². The van der Waals surface area contributed by atoms with Crippen LogP contribution in [-0.4, -0.2) is 35.7 Å². The van der Waals surface area contributed by atoms with Gasteiger partial charge in [0, 0.05) is 22.6 Å². The molecule has 7 nitrogen and oxygen atoms in total. The summed E-state index contributed by atoms with van der Waals surface area (Å²) in [5.74, 6) is 0.428. The Hall–Kier alpha value is -3.13. The maximum Gasteiger partial charge on any atom is 0.252 e. The first-order valence-electron chi connectivity index (χ1n) is 7.46. The summed E-state index contributed by atoms with van der Waals surface area (Å²) in [7, 11) is 1.59. The molecule has 2 amide bonds. The molecule has 3 rings (SSSR count). The van der Waals surface area contributed by atoms with Crippen LogP contribution in [-0.2, 0) is 4.79 Å². The maximum atomic E-state index is 12.0. The van der Waals surface area contributed by atoms with Gasteiger partial charge in [-0.1, -0.05) is 12.1 Å². The molecule has 0 aliphatic carbocycles. The van der Waals surface area contributed by atoms with E-state index < -0.39 is 0 Å². The highest BCUT2D eigenvalue weighted by Crippen LogP contribution is 2.29. The number of hydrogen-bond donors (Lipinski definition) is 3. The summed E-state index contributed by atoms with van der Waals surface area (Å²) in [6, 6.07) is 10.9. The average molecular weight is 356 g/mol. The van der Waals surface area contributed by atoms with E-state index in [9.17, 15) is 9.59 Å². The smallest absolute Gasteiger partial charge is 0.252 e. The minimum atomic E-state index is -0.360. The van der Waals surface area contributed by atoms with Crippen LogP contribution < -0.4 is 15.4 Å². The fourth-order valence-electron chi connectivity index (χ4n) is 2.23. The number of benzene rings is 1. The van der Waals surface area contributed by atoms with Crippen LogP contribution >= 0.6 is 11.3 Å². The molecule has 0 atom stereocenters. The van der Waals surface area contributed by atoms with Gasteiger partial charge in [-0.2, -0.15) is 16.4 Å². The number of H-pyrrole nitrogens is 1. The molecule has 8 heteroatoms. The Balaban J connectivity index is 1.59. The fourth-order valence-corrected chi connectivity index (χ4v) is 2.87. The van der Waals surface area contributed by atoms with Crippen LogP contribution in [0.25, 0.3) is 11.3 Å². The van der Waals surface area contributed by atoms with Crippen molar-refractivity contribution in [3.63, 3.8) is 0 Å². The lowest BCUT2D eigenvalue weighted by Crippen LogP contribution is -2.32. The molecule has 0 bridgehead atoms. The third kappa shape index (κ3) is 4.04. The highest BCUT2D eigenvalue weighted by Gasteiger charge is 2.12. The van der Waals surface area contributed by atoms with Crippen molar-refractivity contribution in [3.8, 4) is 17.0 Å². The first-order valence-corrected chi connectivity index (χ1v) is 8.40. The average Bonchev–Trinajstić information content (AvgIpc) is 3.31. The van der Waals surface area contributed by atoms with Gasteiger partial charge < -0.3 is 15.4 Å². The number of ether oxygens (including phenoxy) is 1. The second-order valence-corrected chi connectivity index (χ2v) is 5.89. The molecule has 0 aliphatic heterocycles. The van der Waals surface area contributed by atoms with E-state index in [1.807, 2.05) is 24.3 Å². The van der Waals surface area contributed by atoms with Gasteiger partial charge in [-0.15, -0.1) is 0 Å². The Morgan fingerprint density at radius 2 is 2.12 bits per heavy atom. The summed E-state index contributed by atoms with van der Waals surface area (Å²) in [5.41, 5.74) is 2.09. The van der Waals surface area contributed by atoms with Crippen LogP contribution in [0.15, 0.2) is 47.2 Å². The minimum absolute atomic E-state index is 0.133. The van der Waals surface area contributed by atoms with E-state index in [1.165, 1.54) is 11.3 Å². The Bertz CT molecular complexity index is 874. The SMILES string of the molecule is COc1ccccc1-c1cc(NC(=O)CNC(=O)c2ccsc2)n[nH]1. The lowest BCUT2D eigenvalue weighted by atomic mass is 10.1. The van der Waals surface area contributed by atoms with E-state index in [0.717, 1.165) is 11.3 Å². The van der Waals surface area contributed by atoms with Gasteiger partial charge in [0.25, 0.3) is 5.91 Å². The quantitative estimate of drug-likeness (QED) is 0.632. The molecule has 0 spiro atoms. The number of methoxy groups -OCH3 is 1. The molecule has 0 saturated heterocycles. The van der Waals surface area contributed by atoms with Crippen molar-refractivity contribution < 1.29 is 14.3 Å². The molecule has 25 heavy (non-hydrogen) atoms. The first-order chi connectivity index (χ1) is 12.2. The zero-order valence-electron chi connectivity index (χ0n) is 13.4. The molecule has 3 aromatic rings. The van der Waals surface area contributed by atoms with E-state index in [-0.39, 0.29) is 18.4 Å². The highest BCUT2D eigenvalue weighted by atomic mass is 32.1. The van der Waals surface area contributed by atoms with E-state index in [1.54, 1.807) is 30.0 Å². The lowest BCUT2D eigenvalue weighted by Gasteiger charge is -2.05. The zero-order chi connectivity index (χ0) is 17.6. The molecule has 1 aromatic carbocycles. The summed E-state index contributed by atoms with van der Waals surface area (Å²) in [4.78, 5) is 23.8. The van der Waals surface area contributed by atoms with Crippen molar-refractivity contribution in [3.05, 3.63) is 52.7 Å². The predicted molar refractivity (Wildman–Crippen MR) is 95.9 cm³/mol. The molecule has 0 unspecified atom stereocenters. The number of amides is 2. The van der Waals surface area contributed by atoms with Crippen molar-refractivity contribution in [1.29, 1.82) is 0 Å². The van der Waals surface area contributed by atoms with Gasteiger partial charge >= 0.3 is 0 Å². The molecule has 128 valence electrons. The van der Waals surface area contributed by atoms with Gasteiger partial charge in [0.05, 0.1) is 19.3 Å². The molecule has 0 saturated carbocycles. The Morgan fingerprint density at radius 3 is 2.88 bits per heavy atom. The molecule has 0 radical (unpaired) electrons. The van der Waals surface area contributed by atoms with E-state index >= 15 is 0 Å². The third-order valence-corrected chi connectivity index (χ3v) is 4.12. The number of thiophene rings is 1. The number of nitrogens with zero attached hydrogens (tertiary/aromatic N) is 1. The Kier molecular flexibility index (Phi) is 5.10. The first kappa shape index (κ1) is 16.7. The number of aromatic nitrogens is 2. The standard InChI is InChI=1S/C17H16N4O3S/c1-24-14-5-3-2-4-12(14)13-8-15(21-20-13)19-16(22)9-18-17(23)11-6-7-25-10-11/h2-8,10H,9H2,1H3,(H,18,23)(H2,19,20,21,22). The van der Waals surface area contributed by atoms with Crippen molar-refractivity contribution in [2.75, 3.05) is 19.0 Å². The normalized spacial score (nSPS) is 10.3. The number of carbonyl (C=O) groups is 2. The Labute approximate surface area is 148 Å². The van der Waals surface area contributed by atoms with Crippen molar-refractivity contribution in [1.82, 2.24) is 15.5 Å². The maximum absolute atomic E-state index is 12.0. The molecule has 0 aliphatic rings. The second-order valence-electron chi connectivity index (χ2n) is 5.11. The number of rotatable bonds is 6. The number of aromatic amines is 1. The number of para-hydroxylation sites is 1. The molecule has 2 aromatic heterocycles. The number of nitrogens with one attached hydrogen (secondary N) is 3. The van der Waals surface area contributed by atoms with Crippen molar-refractivity contribution in [2.24, 2.45) is 0 Å². The van der Waals surface area contributed by atoms with Gasteiger partial charge in [0.1, 0.15) is 5.75 Å². The highest BCUT2D eigenvalue weighted by molar-refractivity contribution is 7.08. The van der Waals surface area contributed by atoms with Crippen LogP contribution in [0.4, 0.5) is 5.82 Å². The second kappa shape index (κ2) is 7.63. The molecular formula is C17H16N4O3S. The summed E-state index contributed by atoms with van der Waals surface area (Å²) >= 11 is 1.42. The largest absolute Gasteiger partial charge is 0.496 e. The van der Waals surface area contributed by atoms with E-state index in [0.29, 0.717) is 17.1 Å². The van der Waals surface area contributed by atoms with Gasteiger partial charge in [-0.3, -0.25) is 14.7 Å². The molecule has 0 fully saturated rings. The van der Waals surface area contributed by atoms with Crippen LogP contribution in [0.5, 0.6) is 5.75 Å². The third-order valence-electron chi connectivity index (χ3n) is 3.44. The van der Waals surface area contributed by atoms with Crippen LogP contribution in [0.1, 0.15) is 10.4 Å². The zero-order valence-corrected chi connectivity index (χ0v) is 14.2. The molecular weight excluding hydrogens is 340 g/mol. The predicted octanol–water partition coefficient (Wildman–Crippen LogP) is 2.52. The number of hydrogen-bond acceptors (Lipinski definition) is 5. The summed E-state index contributed by atoms with van der Waals surface area (Å²) in [5, 5.41) is 15.6. The van der Waals surface area contributed by atoms with Gasteiger partial charge in [-0.05, 0) is 23.6 Å². The van der Waals surface area contributed by atoms with Crippen LogP contribution in [0.2, 0.25) is 0 Å². The topological polar surface area (TPSA) is 96.1 Å². The summed E-state index contributed by atoms with van der Waals surface area (Å²) in [6.07, 6.45) is 0. The molecule has 2 heterocycles. The summed E-state index contributed by atoms with van der Waals surface area (Å²) in [6.45, 7) is -0.133. The van der Waals surface area contributed by atoms with Crippen molar-refractivity contribution in [2.45, 2.75) is 0 Å². The van der Waals surface area contributed by atoms with Crippen LogP contribution in [0.3, 0.4) is 0 Å². The summed E-state index contributed by atoms with van der Waals surface area (Å²) < 4.78 is 5.31. The van der Waals surface area contributed by atoms with Gasteiger partial charge in [0.15, 0.2) is 5.82 Å². The fraction of sp³-hybridized carbons (Fsp3) is 0.118. The number of carbonyl (C=O) groups excluding carboxylic acids is 2. The van der Waals surface area contributed by atoms with E-state index in [4.69, 9.17) is 4.74 Å². The van der Waals surface area contributed by atoms with Gasteiger partial charge in [-0.25, -0.2) is 0 Å². The number of anilines is 1. The van der Waals surface area contributed by atoms with Crippen LogP contribution in [0, 0.1) is 0 Å². The monoisotopic (exact) mass is 356 g/mol.